The van der Waals surface area contributed by atoms with Crippen LogP contribution >= 0.6 is 0 Å². The number of H-pyrrole nitrogens is 1. The highest BCUT2D eigenvalue weighted by molar-refractivity contribution is 5.81. The largest absolute Gasteiger partial charge is 0.497 e. The van der Waals surface area contributed by atoms with Crippen molar-refractivity contribution in [3.05, 3.63) is 59.8 Å². The number of hydrogen-bond acceptors (Lipinski definition) is 3. The number of methoxy groups -OCH3 is 1. The summed E-state index contributed by atoms with van der Waals surface area (Å²) in [7, 11) is 3.17. The lowest BCUT2D eigenvalue weighted by molar-refractivity contribution is -0.0504. The zero-order valence-corrected chi connectivity index (χ0v) is 16.3. The fourth-order valence-corrected chi connectivity index (χ4v) is 3.02. The van der Waals surface area contributed by atoms with Crippen molar-refractivity contribution in [3.8, 4) is 11.5 Å². The molecule has 3 aromatic rings. The Kier molecular flexibility index (Phi) is 6.89. The molecule has 0 aliphatic rings. The normalized spacial score (nSPS) is 11.7. The summed E-state index contributed by atoms with van der Waals surface area (Å²) in [6.07, 6.45) is 0.786. The van der Waals surface area contributed by atoms with Gasteiger partial charge >= 0.3 is 6.61 Å². The summed E-state index contributed by atoms with van der Waals surface area (Å²) < 4.78 is 35.0. The molecule has 3 rings (SSSR count). The van der Waals surface area contributed by atoms with Crippen molar-refractivity contribution in [3.63, 3.8) is 0 Å². The van der Waals surface area contributed by atoms with Gasteiger partial charge in [0.25, 0.3) is 0 Å². The minimum Gasteiger partial charge on any atom is -0.497 e. The Bertz CT molecular complexity index is 939. The number of fused-ring (bicyclic) bond motifs is 1. The van der Waals surface area contributed by atoms with Gasteiger partial charge in [0.1, 0.15) is 11.5 Å². The average molecular weight is 402 g/mol. The number of hydrogen-bond donors (Lipinski definition) is 3. The molecular formula is C21H24F2N4O2. The first-order valence-corrected chi connectivity index (χ1v) is 9.22. The lowest BCUT2D eigenvalue weighted by atomic mass is 10.2. The zero-order chi connectivity index (χ0) is 20.6. The molecule has 6 nitrogen and oxygen atoms in total. The first-order chi connectivity index (χ1) is 14.1. The van der Waals surface area contributed by atoms with E-state index in [1.54, 1.807) is 19.2 Å². The highest BCUT2D eigenvalue weighted by Gasteiger charge is 2.11. The van der Waals surface area contributed by atoms with Gasteiger partial charge in [-0.15, -0.1) is 0 Å². The van der Waals surface area contributed by atoms with Crippen LogP contribution in [0, 0.1) is 0 Å². The Morgan fingerprint density at radius 2 is 1.97 bits per heavy atom. The van der Waals surface area contributed by atoms with Crippen LogP contribution in [0.4, 0.5) is 8.78 Å². The minimum absolute atomic E-state index is 0.0989. The third kappa shape index (κ3) is 5.60. The van der Waals surface area contributed by atoms with Crippen molar-refractivity contribution in [1.29, 1.82) is 0 Å². The Balaban J connectivity index is 1.56. The number of benzene rings is 2. The van der Waals surface area contributed by atoms with Crippen LogP contribution in [-0.4, -0.2) is 38.3 Å². The highest BCUT2D eigenvalue weighted by atomic mass is 19.3. The summed E-state index contributed by atoms with van der Waals surface area (Å²) in [4.78, 5) is 7.56. The van der Waals surface area contributed by atoms with Crippen LogP contribution in [0.2, 0.25) is 0 Å². The van der Waals surface area contributed by atoms with Gasteiger partial charge in [0, 0.05) is 43.3 Å². The van der Waals surface area contributed by atoms with Gasteiger partial charge in [-0.25, -0.2) is 0 Å². The van der Waals surface area contributed by atoms with Gasteiger partial charge < -0.3 is 25.1 Å². The maximum atomic E-state index is 12.6. The number of guanidine groups is 1. The van der Waals surface area contributed by atoms with Gasteiger partial charge in [0.15, 0.2) is 5.96 Å². The number of aliphatic imine (C=N–C) groups is 1. The number of rotatable bonds is 8. The monoisotopic (exact) mass is 402 g/mol. The molecule has 29 heavy (non-hydrogen) atoms. The Morgan fingerprint density at radius 1 is 1.14 bits per heavy atom. The van der Waals surface area contributed by atoms with Crippen LogP contribution < -0.4 is 20.1 Å². The van der Waals surface area contributed by atoms with Crippen molar-refractivity contribution in [1.82, 2.24) is 15.6 Å². The van der Waals surface area contributed by atoms with Crippen molar-refractivity contribution in [2.24, 2.45) is 4.99 Å². The molecule has 3 N–H and O–H groups in total. The molecule has 0 saturated heterocycles. The molecule has 0 fully saturated rings. The molecule has 0 atom stereocenters. The summed E-state index contributed by atoms with van der Waals surface area (Å²) in [5.41, 5.74) is 2.77. The number of aromatic amines is 1. The van der Waals surface area contributed by atoms with Gasteiger partial charge in [0.05, 0.1) is 7.11 Å². The molecule has 8 heteroatoms. The number of nitrogens with one attached hydrogen (secondary N) is 3. The molecule has 0 saturated carbocycles. The standard InChI is InChI=1S/C21H24F2N4O2/c1-24-21(25-10-9-16-11-14-5-3-4-6-18(14)27-16)26-13-15-12-17(28-2)7-8-19(15)29-20(22)23/h3-8,11-12,20,27H,9-10,13H2,1-2H3,(H2,24,25,26). The second-order valence-electron chi connectivity index (χ2n) is 6.34. The summed E-state index contributed by atoms with van der Waals surface area (Å²) in [6, 6.07) is 14.9. The van der Waals surface area contributed by atoms with Gasteiger partial charge in [-0.2, -0.15) is 8.78 Å². The van der Waals surface area contributed by atoms with Crippen LogP contribution in [0.5, 0.6) is 11.5 Å². The maximum Gasteiger partial charge on any atom is 0.387 e. The summed E-state index contributed by atoms with van der Waals surface area (Å²) in [6.45, 7) is -1.98. The molecule has 0 radical (unpaired) electrons. The van der Waals surface area contributed by atoms with E-state index in [1.165, 1.54) is 18.6 Å². The zero-order valence-electron chi connectivity index (χ0n) is 16.3. The van der Waals surface area contributed by atoms with E-state index < -0.39 is 6.61 Å². The molecule has 1 heterocycles. The predicted octanol–water partition coefficient (Wildman–Crippen LogP) is 3.69. The molecule has 1 aromatic heterocycles. The fraction of sp³-hybridized carbons (Fsp3) is 0.286. The smallest absolute Gasteiger partial charge is 0.387 e. The van der Waals surface area contributed by atoms with Crippen molar-refractivity contribution < 1.29 is 18.3 Å². The molecule has 154 valence electrons. The van der Waals surface area contributed by atoms with Gasteiger partial charge in [-0.3, -0.25) is 4.99 Å². The Labute approximate surface area is 167 Å². The number of para-hydroxylation sites is 1. The van der Waals surface area contributed by atoms with E-state index in [0.29, 0.717) is 23.8 Å². The first kappa shape index (κ1) is 20.4. The third-order valence-corrected chi connectivity index (χ3v) is 4.43. The topological polar surface area (TPSA) is 70.7 Å². The molecule has 2 aromatic carbocycles. The number of ether oxygens (including phenoxy) is 2. The van der Waals surface area contributed by atoms with Gasteiger partial charge in [-0.1, -0.05) is 18.2 Å². The van der Waals surface area contributed by atoms with Crippen molar-refractivity contribution in [2.75, 3.05) is 20.7 Å². The van der Waals surface area contributed by atoms with E-state index in [4.69, 9.17) is 4.74 Å². The average Bonchev–Trinajstić information content (AvgIpc) is 3.13. The lowest BCUT2D eigenvalue weighted by Gasteiger charge is -2.15. The van der Waals surface area contributed by atoms with Crippen LogP contribution in [0.3, 0.4) is 0 Å². The van der Waals surface area contributed by atoms with Crippen molar-refractivity contribution in [2.45, 2.75) is 19.6 Å². The number of nitrogens with zero attached hydrogens (tertiary/aromatic N) is 1. The molecule has 0 spiro atoms. The van der Waals surface area contributed by atoms with E-state index in [1.807, 2.05) is 18.2 Å². The van der Waals surface area contributed by atoms with Crippen LogP contribution in [-0.2, 0) is 13.0 Å². The summed E-state index contributed by atoms with van der Waals surface area (Å²) in [5, 5.41) is 7.51. The van der Waals surface area contributed by atoms with Crippen molar-refractivity contribution >= 4 is 16.9 Å². The molecule has 0 bridgehead atoms. The van der Waals surface area contributed by atoms with Gasteiger partial charge in [-0.05, 0) is 35.7 Å². The number of halogens is 2. The quantitative estimate of drug-likeness (QED) is 0.397. The van der Waals surface area contributed by atoms with E-state index in [9.17, 15) is 8.78 Å². The second kappa shape index (κ2) is 9.77. The van der Waals surface area contributed by atoms with Crippen LogP contribution in [0.15, 0.2) is 53.5 Å². The Hall–Kier alpha value is -3.29. The van der Waals surface area contributed by atoms with Crippen LogP contribution in [0.1, 0.15) is 11.3 Å². The highest BCUT2D eigenvalue weighted by Crippen LogP contribution is 2.25. The van der Waals surface area contributed by atoms with Crippen LogP contribution in [0.25, 0.3) is 10.9 Å². The molecule has 0 amide bonds. The van der Waals surface area contributed by atoms with E-state index in [-0.39, 0.29) is 12.3 Å². The van der Waals surface area contributed by atoms with E-state index in [0.717, 1.165) is 17.6 Å². The van der Waals surface area contributed by atoms with E-state index in [2.05, 4.69) is 37.5 Å². The predicted molar refractivity (Wildman–Crippen MR) is 110 cm³/mol. The first-order valence-electron chi connectivity index (χ1n) is 9.22. The summed E-state index contributed by atoms with van der Waals surface area (Å²) >= 11 is 0. The molecule has 0 aliphatic carbocycles. The van der Waals surface area contributed by atoms with Gasteiger partial charge in [0.2, 0.25) is 0 Å². The maximum absolute atomic E-state index is 12.6. The lowest BCUT2D eigenvalue weighted by Crippen LogP contribution is -2.38. The minimum atomic E-state index is -2.89. The number of aromatic nitrogens is 1. The molecule has 0 unspecified atom stereocenters. The Morgan fingerprint density at radius 3 is 2.69 bits per heavy atom. The number of alkyl halides is 2. The molecular weight excluding hydrogens is 378 g/mol. The SMILES string of the molecule is CN=C(NCCc1cc2ccccc2[nH]1)NCc1cc(OC)ccc1OC(F)F. The fourth-order valence-electron chi connectivity index (χ4n) is 3.02. The van der Waals surface area contributed by atoms with E-state index >= 15 is 0 Å². The second-order valence-corrected chi connectivity index (χ2v) is 6.34. The third-order valence-electron chi connectivity index (χ3n) is 4.43. The molecule has 0 aliphatic heterocycles. The summed E-state index contributed by atoms with van der Waals surface area (Å²) in [5.74, 6) is 1.22.